The summed E-state index contributed by atoms with van der Waals surface area (Å²) in [5.41, 5.74) is 0. The van der Waals surface area contributed by atoms with Crippen molar-refractivity contribution in [2.24, 2.45) is 0 Å². The van der Waals surface area contributed by atoms with Gasteiger partial charge in [0.15, 0.2) is 0 Å². The average molecular weight is 500 g/mol. The summed E-state index contributed by atoms with van der Waals surface area (Å²) < 4.78 is 26.4. The van der Waals surface area contributed by atoms with Gasteiger partial charge in [0, 0.05) is 18.5 Å². The molecule has 3 nitrogen and oxygen atoms in total. The Labute approximate surface area is 215 Å². The van der Waals surface area contributed by atoms with Crippen LogP contribution in [0.1, 0.15) is 168 Å². The lowest BCUT2D eigenvalue weighted by atomic mass is 10.1. The highest BCUT2D eigenvalue weighted by Crippen LogP contribution is 2.15. The largest absolute Gasteiger partial charge is 0.235 e. The highest BCUT2D eigenvalue weighted by atomic mass is 32.2. The molecule has 0 saturated carbocycles. The molecular weight excluding hydrogens is 438 g/mol. The van der Waals surface area contributed by atoms with E-state index in [0.29, 0.717) is 13.1 Å². The minimum absolute atomic E-state index is 0.657. The highest BCUT2D eigenvalue weighted by molar-refractivity contribution is 7.92. The van der Waals surface area contributed by atoms with Gasteiger partial charge in [0.1, 0.15) is 0 Å². The van der Waals surface area contributed by atoms with Gasteiger partial charge in [0.05, 0.1) is 0 Å². The van der Waals surface area contributed by atoms with Gasteiger partial charge in [-0.15, -0.1) is 0 Å². The second kappa shape index (κ2) is 25.7. The Morgan fingerprint density at radius 1 is 0.471 bits per heavy atom. The summed E-state index contributed by atoms with van der Waals surface area (Å²) in [4.78, 5) is 0. The van der Waals surface area contributed by atoms with Gasteiger partial charge in [0.25, 0.3) is 0 Å². The van der Waals surface area contributed by atoms with Gasteiger partial charge in [-0.25, -0.2) is 8.42 Å². The molecule has 4 heteroatoms. The molecule has 0 radical (unpaired) electrons. The molecule has 0 N–H and O–H groups in total. The van der Waals surface area contributed by atoms with E-state index in [-0.39, 0.29) is 0 Å². The molecule has 0 unspecified atom stereocenters. The molecule has 34 heavy (non-hydrogen) atoms. The van der Waals surface area contributed by atoms with E-state index in [1.165, 1.54) is 128 Å². The molecule has 0 aliphatic heterocycles. The molecule has 0 aromatic heterocycles. The summed E-state index contributed by atoms with van der Waals surface area (Å²) >= 11 is 0. The molecule has 0 aliphatic carbocycles. The predicted octanol–water partition coefficient (Wildman–Crippen LogP) is 10.2. The van der Waals surface area contributed by atoms with Crippen molar-refractivity contribution in [1.29, 1.82) is 0 Å². The second-order valence-corrected chi connectivity index (χ2v) is 12.3. The lowest BCUT2D eigenvalue weighted by Crippen LogP contribution is -2.31. The van der Waals surface area contributed by atoms with Gasteiger partial charge >= 0.3 is 0 Å². The summed E-state index contributed by atoms with van der Waals surface area (Å²) in [6.45, 7) is 9.39. The van der Waals surface area contributed by atoms with Crippen LogP contribution in [0.4, 0.5) is 0 Å². The maximum absolute atomic E-state index is 12.4. The minimum atomic E-state index is -3.29. The van der Waals surface area contributed by atoms with E-state index < -0.39 is 10.0 Å². The van der Waals surface area contributed by atoms with Crippen LogP contribution in [0.15, 0.2) is 12.0 Å². The Kier molecular flexibility index (Phi) is 25.5. The van der Waals surface area contributed by atoms with E-state index in [2.05, 4.69) is 20.4 Å². The molecule has 0 spiro atoms. The molecule has 0 heterocycles. The summed E-state index contributed by atoms with van der Waals surface area (Å²) in [6.07, 6.45) is 31.3. The molecule has 0 amide bonds. The van der Waals surface area contributed by atoms with Gasteiger partial charge < -0.3 is 0 Å². The monoisotopic (exact) mass is 499 g/mol. The number of unbranched alkanes of at least 4 members (excludes halogenated alkanes) is 22. The van der Waals surface area contributed by atoms with Gasteiger partial charge in [-0.05, 0) is 12.8 Å². The Morgan fingerprint density at radius 3 is 0.941 bits per heavy atom. The molecule has 0 aromatic rings. The van der Waals surface area contributed by atoms with Crippen molar-refractivity contribution < 1.29 is 8.42 Å². The minimum Gasteiger partial charge on any atom is -0.208 e. The molecule has 0 rings (SSSR count). The molecule has 0 bridgehead atoms. The third-order valence-corrected chi connectivity index (χ3v) is 8.60. The van der Waals surface area contributed by atoms with Crippen LogP contribution in [0, 0.1) is 0 Å². The zero-order chi connectivity index (χ0) is 25.2. The van der Waals surface area contributed by atoms with Crippen molar-refractivity contribution in [3.63, 3.8) is 0 Å². The third kappa shape index (κ3) is 22.1. The predicted molar refractivity (Wildman–Crippen MR) is 153 cm³/mol. The van der Waals surface area contributed by atoms with Crippen molar-refractivity contribution in [3.8, 4) is 0 Å². The smallest absolute Gasteiger partial charge is 0.208 e. The quantitative estimate of drug-likeness (QED) is 0.100. The van der Waals surface area contributed by atoms with E-state index in [0.717, 1.165) is 31.1 Å². The van der Waals surface area contributed by atoms with Gasteiger partial charge in [0.2, 0.25) is 10.0 Å². The molecule has 0 fully saturated rings. The maximum Gasteiger partial charge on any atom is 0.235 e. The van der Waals surface area contributed by atoms with Crippen molar-refractivity contribution >= 4 is 10.0 Å². The van der Waals surface area contributed by atoms with Crippen LogP contribution in [0.5, 0.6) is 0 Å². The van der Waals surface area contributed by atoms with Crippen LogP contribution < -0.4 is 0 Å². The first-order valence-electron chi connectivity index (χ1n) is 15.2. The second-order valence-electron chi connectivity index (χ2n) is 10.4. The zero-order valence-corrected chi connectivity index (χ0v) is 24.2. The van der Waals surface area contributed by atoms with E-state index >= 15 is 0 Å². The average Bonchev–Trinajstić information content (AvgIpc) is 2.83. The fourth-order valence-electron chi connectivity index (χ4n) is 4.73. The number of hydrogen-bond donors (Lipinski definition) is 0. The first kappa shape index (κ1) is 33.7. The van der Waals surface area contributed by atoms with E-state index in [9.17, 15) is 8.42 Å². The normalized spacial score (nSPS) is 12.0. The van der Waals surface area contributed by atoms with E-state index in [1.54, 1.807) is 4.31 Å². The van der Waals surface area contributed by atoms with Gasteiger partial charge in [-0.1, -0.05) is 162 Å². The number of sulfonamides is 1. The summed E-state index contributed by atoms with van der Waals surface area (Å²) in [5.74, 6) is 0. The van der Waals surface area contributed by atoms with Crippen LogP contribution >= 0.6 is 0 Å². The van der Waals surface area contributed by atoms with Crippen LogP contribution in [-0.2, 0) is 10.0 Å². The molecule has 0 aromatic carbocycles. The standard InChI is InChI=1S/C30H61NO2S/c1-4-7-9-11-13-15-17-19-21-23-25-27-29-31(34(32,33)6-3)30-28-26-24-22-20-18-16-14-12-10-8-5-2/h6H,3-5,7-30H2,1-2H3. The molecule has 0 saturated heterocycles. The fourth-order valence-corrected chi connectivity index (χ4v) is 5.71. The Balaban J connectivity index is 3.72. The third-order valence-electron chi connectivity index (χ3n) is 7.09. The highest BCUT2D eigenvalue weighted by Gasteiger charge is 2.17. The Morgan fingerprint density at radius 2 is 0.706 bits per heavy atom. The van der Waals surface area contributed by atoms with Crippen LogP contribution in [0.3, 0.4) is 0 Å². The molecule has 0 atom stereocenters. The van der Waals surface area contributed by atoms with Crippen LogP contribution in [0.2, 0.25) is 0 Å². The zero-order valence-electron chi connectivity index (χ0n) is 23.3. The topological polar surface area (TPSA) is 37.4 Å². The van der Waals surface area contributed by atoms with Crippen molar-refractivity contribution in [1.82, 2.24) is 4.31 Å². The SMILES string of the molecule is C=CS(=O)(=O)N(CCCCCCCCCCCCCC)CCCCCCCCCCCCCC. The molecule has 204 valence electrons. The van der Waals surface area contributed by atoms with Gasteiger partial charge in [-0.3, -0.25) is 0 Å². The van der Waals surface area contributed by atoms with Crippen molar-refractivity contribution in [2.45, 2.75) is 168 Å². The van der Waals surface area contributed by atoms with Crippen molar-refractivity contribution in [3.05, 3.63) is 12.0 Å². The summed E-state index contributed by atoms with van der Waals surface area (Å²) in [6, 6.07) is 0. The van der Waals surface area contributed by atoms with E-state index in [4.69, 9.17) is 0 Å². The number of nitrogens with zero attached hydrogens (tertiary/aromatic N) is 1. The van der Waals surface area contributed by atoms with Crippen LogP contribution in [-0.4, -0.2) is 25.8 Å². The lowest BCUT2D eigenvalue weighted by molar-refractivity contribution is 0.387. The molecule has 0 aliphatic rings. The summed E-state index contributed by atoms with van der Waals surface area (Å²) in [5, 5.41) is 1.13. The maximum atomic E-state index is 12.4. The summed E-state index contributed by atoms with van der Waals surface area (Å²) in [7, 11) is -3.29. The van der Waals surface area contributed by atoms with E-state index in [1.807, 2.05) is 0 Å². The number of hydrogen-bond acceptors (Lipinski definition) is 2. The Hall–Kier alpha value is -0.350. The van der Waals surface area contributed by atoms with Crippen molar-refractivity contribution in [2.75, 3.05) is 13.1 Å². The van der Waals surface area contributed by atoms with Crippen LogP contribution in [0.25, 0.3) is 0 Å². The first-order chi connectivity index (χ1) is 16.6. The molecular formula is C30H61NO2S. The van der Waals surface area contributed by atoms with Gasteiger partial charge in [-0.2, -0.15) is 4.31 Å². The lowest BCUT2D eigenvalue weighted by Gasteiger charge is -2.20. The fraction of sp³-hybridized carbons (Fsp3) is 0.933. The first-order valence-corrected chi connectivity index (χ1v) is 16.7. The number of rotatable bonds is 28. The Bertz CT molecular complexity index is 490.